The van der Waals surface area contributed by atoms with Crippen LogP contribution >= 0.6 is 0 Å². The van der Waals surface area contributed by atoms with Gasteiger partial charge in [0, 0.05) is 13.1 Å². The number of Topliss-reactive ketones (excluding diaryl/α,β-unsaturated/α-hetero) is 1. The molecule has 2 atom stereocenters. The molecule has 1 aromatic rings. The summed E-state index contributed by atoms with van der Waals surface area (Å²) in [5, 5.41) is 5.30. The van der Waals surface area contributed by atoms with Gasteiger partial charge >= 0.3 is 0 Å². The summed E-state index contributed by atoms with van der Waals surface area (Å²) < 4.78 is 0. The van der Waals surface area contributed by atoms with Crippen molar-refractivity contribution in [2.24, 2.45) is 11.8 Å². The molecule has 1 unspecified atom stereocenters. The fraction of sp³-hybridized carbons (Fsp3) is 0.438. The van der Waals surface area contributed by atoms with E-state index in [0.29, 0.717) is 6.54 Å². The van der Waals surface area contributed by atoms with Crippen LogP contribution in [-0.2, 0) is 14.4 Å². The van der Waals surface area contributed by atoms with Gasteiger partial charge in [0.1, 0.15) is 0 Å². The Hall–Kier alpha value is -2.17. The summed E-state index contributed by atoms with van der Waals surface area (Å²) in [4.78, 5) is 36.2. The summed E-state index contributed by atoms with van der Waals surface area (Å²) in [7, 11) is 0. The average Bonchev–Trinajstić information content (AvgIpc) is 2.86. The molecule has 0 saturated carbocycles. The summed E-state index contributed by atoms with van der Waals surface area (Å²) in [5.41, 5.74) is 0.766. The van der Waals surface area contributed by atoms with Crippen molar-refractivity contribution < 1.29 is 14.4 Å². The van der Waals surface area contributed by atoms with Gasteiger partial charge in [0.05, 0.1) is 11.8 Å². The molecule has 1 heterocycles. The predicted molar refractivity (Wildman–Crippen MR) is 78.5 cm³/mol. The van der Waals surface area contributed by atoms with Gasteiger partial charge in [-0.15, -0.1) is 0 Å². The third kappa shape index (κ3) is 3.48. The second-order valence-electron chi connectivity index (χ2n) is 5.71. The van der Waals surface area contributed by atoms with Crippen LogP contribution in [0.3, 0.4) is 0 Å². The Balaban J connectivity index is 2.12. The maximum absolute atomic E-state index is 12.3. The first-order valence-corrected chi connectivity index (χ1v) is 7.15. The van der Waals surface area contributed by atoms with Crippen molar-refractivity contribution in [1.29, 1.82) is 0 Å². The molecule has 0 radical (unpaired) electrons. The van der Waals surface area contributed by atoms with E-state index in [1.165, 1.54) is 0 Å². The van der Waals surface area contributed by atoms with E-state index in [1.54, 1.807) is 0 Å². The summed E-state index contributed by atoms with van der Waals surface area (Å²) >= 11 is 0. The third-order valence-electron chi connectivity index (χ3n) is 3.57. The number of carbonyl (C=O) groups excluding carboxylic acids is 3. The van der Waals surface area contributed by atoms with Crippen LogP contribution < -0.4 is 10.6 Å². The molecule has 0 bridgehead atoms. The Morgan fingerprint density at radius 2 is 1.95 bits per heavy atom. The number of benzene rings is 1. The van der Waals surface area contributed by atoms with Crippen LogP contribution in [0.1, 0.15) is 25.3 Å². The SMILES string of the molecule is CC(C)CNC(=O)C(=O)C1CNC(=O)[C@@H]1c1ccccc1. The van der Waals surface area contributed by atoms with Gasteiger partial charge in [-0.25, -0.2) is 0 Å². The number of hydrogen-bond donors (Lipinski definition) is 2. The molecule has 112 valence electrons. The lowest BCUT2D eigenvalue weighted by atomic mass is 9.85. The van der Waals surface area contributed by atoms with E-state index in [9.17, 15) is 14.4 Å². The first-order valence-electron chi connectivity index (χ1n) is 7.15. The van der Waals surface area contributed by atoms with E-state index in [-0.39, 0.29) is 18.4 Å². The van der Waals surface area contributed by atoms with Crippen molar-refractivity contribution in [1.82, 2.24) is 10.6 Å². The molecule has 1 aliphatic heterocycles. The minimum Gasteiger partial charge on any atom is -0.355 e. The van der Waals surface area contributed by atoms with Crippen LogP contribution in [0.5, 0.6) is 0 Å². The Bertz CT molecular complexity index is 540. The first kappa shape index (κ1) is 15.2. The molecule has 21 heavy (non-hydrogen) atoms. The standard InChI is InChI=1S/C16H20N2O3/c1-10(2)8-17-16(21)14(19)12-9-18-15(20)13(12)11-6-4-3-5-7-11/h3-7,10,12-13H,8-9H2,1-2H3,(H,17,21)(H,18,20)/t12?,13-/m1/s1. The molecule has 0 aliphatic carbocycles. The highest BCUT2D eigenvalue weighted by atomic mass is 16.2. The summed E-state index contributed by atoms with van der Waals surface area (Å²) in [6.07, 6.45) is 0. The van der Waals surface area contributed by atoms with E-state index in [1.807, 2.05) is 44.2 Å². The second kappa shape index (κ2) is 6.52. The van der Waals surface area contributed by atoms with Gasteiger partial charge in [-0.1, -0.05) is 44.2 Å². The minimum atomic E-state index is -0.632. The molecule has 5 heteroatoms. The molecule has 5 nitrogen and oxygen atoms in total. The molecule has 2 rings (SSSR count). The molecule has 1 saturated heterocycles. The number of rotatable bonds is 5. The average molecular weight is 288 g/mol. The van der Waals surface area contributed by atoms with Crippen LogP contribution in [0.15, 0.2) is 30.3 Å². The van der Waals surface area contributed by atoms with Crippen LogP contribution in [0.4, 0.5) is 0 Å². The Kier molecular flexibility index (Phi) is 4.73. The number of amides is 2. The van der Waals surface area contributed by atoms with Gasteiger partial charge in [-0.3, -0.25) is 14.4 Å². The van der Waals surface area contributed by atoms with Crippen molar-refractivity contribution in [3.05, 3.63) is 35.9 Å². The molecular weight excluding hydrogens is 268 g/mol. The summed E-state index contributed by atoms with van der Waals surface area (Å²) in [5.74, 6) is -2.27. The summed E-state index contributed by atoms with van der Waals surface area (Å²) in [6, 6.07) is 9.11. The Labute approximate surface area is 124 Å². The lowest BCUT2D eigenvalue weighted by Crippen LogP contribution is -2.39. The van der Waals surface area contributed by atoms with E-state index < -0.39 is 23.5 Å². The molecule has 2 N–H and O–H groups in total. The maximum Gasteiger partial charge on any atom is 0.287 e. The Morgan fingerprint density at radius 3 is 2.57 bits per heavy atom. The highest BCUT2D eigenvalue weighted by Crippen LogP contribution is 2.29. The van der Waals surface area contributed by atoms with Gasteiger partial charge in [0.15, 0.2) is 0 Å². The van der Waals surface area contributed by atoms with Gasteiger partial charge in [-0.05, 0) is 11.5 Å². The van der Waals surface area contributed by atoms with Crippen molar-refractivity contribution in [2.75, 3.05) is 13.1 Å². The number of carbonyl (C=O) groups is 3. The van der Waals surface area contributed by atoms with Crippen LogP contribution in [-0.4, -0.2) is 30.7 Å². The normalized spacial score (nSPS) is 21.2. The smallest absolute Gasteiger partial charge is 0.287 e. The maximum atomic E-state index is 12.3. The van der Waals surface area contributed by atoms with Crippen molar-refractivity contribution >= 4 is 17.6 Å². The zero-order valence-corrected chi connectivity index (χ0v) is 12.3. The quantitative estimate of drug-likeness (QED) is 0.789. The number of nitrogens with one attached hydrogen (secondary N) is 2. The molecular formula is C16H20N2O3. The number of ketones is 1. The topological polar surface area (TPSA) is 75.3 Å². The highest BCUT2D eigenvalue weighted by Gasteiger charge is 2.42. The van der Waals surface area contributed by atoms with Crippen LogP contribution in [0, 0.1) is 11.8 Å². The summed E-state index contributed by atoms with van der Waals surface area (Å²) in [6.45, 7) is 4.58. The Morgan fingerprint density at radius 1 is 1.29 bits per heavy atom. The molecule has 1 aliphatic rings. The zero-order chi connectivity index (χ0) is 15.4. The monoisotopic (exact) mass is 288 g/mol. The molecule has 0 spiro atoms. The second-order valence-corrected chi connectivity index (χ2v) is 5.71. The van der Waals surface area contributed by atoms with Crippen LogP contribution in [0.2, 0.25) is 0 Å². The lowest BCUT2D eigenvalue weighted by molar-refractivity contribution is -0.140. The van der Waals surface area contributed by atoms with E-state index in [2.05, 4.69) is 10.6 Å². The van der Waals surface area contributed by atoms with Crippen molar-refractivity contribution in [3.8, 4) is 0 Å². The van der Waals surface area contributed by atoms with Gasteiger partial charge in [-0.2, -0.15) is 0 Å². The fourth-order valence-electron chi connectivity index (χ4n) is 2.46. The third-order valence-corrected chi connectivity index (χ3v) is 3.57. The largest absolute Gasteiger partial charge is 0.355 e. The molecule has 1 aromatic carbocycles. The van der Waals surface area contributed by atoms with E-state index >= 15 is 0 Å². The molecule has 2 amide bonds. The van der Waals surface area contributed by atoms with Gasteiger partial charge in [0.25, 0.3) is 5.91 Å². The minimum absolute atomic E-state index is 0.198. The van der Waals surface area contributed by atoms with Gasteiger partial charge in [0.2, 0.25) is 11.7 Å². The van der Waals surface area contributed by atoms with Gasteiger partial charge < -0.3 is 10.6 Å². The van der Waals surface area contributed by atoms with E-state index in [4.69, 9.17) is 0 Å². The number of hydrogen-bond acceptors (Lipinski definition) is 3. The molecule has 0 aromatic heterocycles. The van der Waals surface area contributed by atoms with Crippen LogP contribution in [0.25, 0.3) is 0 Å². The molecule has 1 fully saturated rings. The zero-order valence-electron chi connectivity index (χ0n) is 12.3. The van der Waals surface area contributed by atoms with E-state index in [0.717, 1.165) is 5.56 Å². The first-order chi connectivity index (χ1) is 10.0. The van der Waals surface area contributed by atoms with Crippen molar-refractivity contribution in [2.45, 2.75) is 19.8 Å². The van der Waals surface area contributed by atoms with Crippen molar-refractivity contribution in [3.63, 3.8) is 0 Å². The fourth-order valence-corrected chi connectivity index (χ4v) is 2.46. The predicted octanol–water partition coefficient (Wildman–Crippen LogP) is 0.858. The lowest BCUT2D eigenvalue weighted by Gasteiger charge is -2.16. The highest BCUT2D eigenvalue weighted by molar-refractivity contribution is 6.37.